The second-order valence-corrected chi connectivity index (χ2v) is 11.8. The number of hydrogen-bond acceptors (Lipinski definition) is 7. The molecule has 1 heterocycles. The van der Waals surface area contributed by atoms with Gasteiger partial charge in [-0.3, -0.25) is 24.5 Å². The van der Waals surface area contributed by atoms with E-state index in [1.54, 1.807) is 30.5 Å². The molecule has 46 heavy (non-hydrogen) atoms. The number of hydrazone groups is 1. The van der Waals surface area contributed by atoms with Gasteiger partial charge in [-0.05, 0) is 58.5 Å². The molecule has 0 radical (unpaired) electrons. The smallest absolute Gasteiger partial charge is 0.269 e. The van der Waals surface area contributed by atoms with Gasteiger partial charge in [-0.15, -0.1) is 0 Å². The Morgan fingerprint density at radius 3 is 2.17 bits per heavy atom. The Kier molecular flexibility index (Phi) is 7.19. The molecule has 1 N–H and O–H groups in total. The average Bonchev–Trinajstić information content (AvgIpc) is 3.34. The first-order valence-corrected chi connectivity index (χ1v) is 15.2. The van der Waals surface area contributed by atoms with Crippen LogP contribution in [0.1, 0.15) is 47.1 Å². The molecule has 1 saturated heterocycles. The van der Waals surface area contributed by atoms with Crippen molar-refractivity contribution in [2.24, 2.45) is 16.9 Å². The average molecular weight is 615 g/mol. The van der Waals surface area contributed by atoms with E-state index < -0.39 is 28.1 Å². The lowest BCUT2D eigenvalue weighted by molar-refractivity contribution is -0.384. The van der Waals surface area contributed by atoms with Gasteiger partial charge >= 0.3 is 0 Å². The lowest BCUT2D eigenvalue weighted by atomic mass is 9.47. The number of nitro groups is 1. The van der Waals surface area contributed by atoms with Crippen molar-refractivity contribution in [1.29, 1.82) is 0 Å². The first-order chi connectivity index (χ1) is 22.3. The predicted octanol–water partition coefficient (Wildman–Crippen LogP) is 5.28. The molecule has 2 bridgehead atoms. The summed E-state index contributed by atoms with van der Waals surface area (Å²) in [5.41, 5.74) is 6.13. The minimum Gasteiger partial charge on any atom is -0.494 e. The van der Waals surface area contributed by atoms with Gasteiger partial charge in [0, 0.05) is 24.3 Å². The quantitative estimate of drug-likeness (QED) is 0.118. The molecular weight excluding hydrogens is 584 g/mol. The van der Waals surface area contributed by atoms with Gasteiger partial charge < -0.3 is 4.74 Å². The van der Waals surface area contributed by atoms with Crippen LogP contribution in [0.4, 0.5) is 11.4 Å². The molecule has 10 nitrogen and oxygen atoms in total. The summed E-state index contributed by atoms with van der Waals surface area (Å²) in [7, 11) is 0. The topological polar surface area (TPSA) is 131 Å². The Morgan fingerprint density at radius 1 is 0.935 bits per heavy atom. The number of non-ortho nitro benzene ring substituents is 1. The predicted molar refractivity (Wildman–Crippen MR) is 171 cm³/mol. The Bertz CT molecular complexity index is 1860. The number of ether oxygens (including phenoxy) is 1. The van der Waals surface area contributed by atoms with Gasteiger partial charge in [-0.1, -0.05) is 67.6 Å². The molecule has 4 aromatic rings. The lowest BCUT2D eigenvalue weighted by Crippen LogP contribution is -2.54. The number of carbonyl (C=O) groups is 3. The van der Waals surface area contributed by atoms with Crippen LogP contribution in [0, 0.1) is 22.0 Å². The van der Waals surface area contributed by atoms with Gasteiger partial charge in [0.15, 0.2) is 0 Å². The number of nitrogens with one attached hydrogen (secondary N) is 1. The van der Waals surface area contributed by atoms with Crippen molar-refractivity contribution < 1.29 is 24.0 Å². The van der Waals surface area contributed by atoms with Gasteiger partial charge in [0.1, 0.15) is 5.75 Å². The Morgan fingerprint density at radius 2 is 1.57 bits per heavy atom. The van der Waals surface area contributed by atoms with Crippen LogP contribution in [-0.2, 0) is 26.2 Å². The van der Waals surface area contributed by atoms with E-state index in [0.717, 1.165) is 28.7 Å². The van der Waals surface area contributed by atoms with Crippen molar-refractivity contribution in [3.05, 3.63) is 135 Å². The molecule has 1 aliphatic heterocycles. The highest BCUT2D eigenvalue weighted by atomic mass is 16.6. The van der Waals surface area contributed by atoms with Crippen LogP contribution >= 0.6 is 0 Å². The summed E-state index contributed by atoms with van der Waals surface area (Å²) in [6, 6.07) is 28.4. The SMILES string of the molecule is CCCOc1ccc(N2C(=O)[C@@H]3[C@@H](C2=O)C2c4ccccc4C3(/C=N\NC(=O)Cc3ccc([N+](=O)[O-])cc3)c3ccccc32)cc1. The minimum atomic E-state index is -1.13. The minimum absolute atomic E-state index is 0.0488. The fourth-order valence-electron chi connectivity index (χ4n) is 7.38. The molecule has 4 aliphatic rings. The van der Waals surface area contributed by atoms with E-state index in [2.05, 4.69) is 10.5 Å². The molecule has 230 valence electrons. The molecule has 3 amide bonds. The standard InChI is InChI=1S/C36H30N4O6/c1-2-19-46-25-17-15-23(16-18-25)39-34(42)32-31-26-7-3-5-9-28(26)36(33(32)35(39)43,29-10-6-4-8-27(29)31)21-37-38-30(41)20-22-11-13-24(14-12-22)40(44)45/h3-18,21,31-33H,2,19-20H2,1H3,(H,38,41)/b37-21-/t31?,32-,33-,36?/m0/s1. The number of nitro benzene ring substituents is 1. The summed E-state index contributed by atoms with van der Waals surface area (Å²) in [5.74, 6) is -2.14. The summed E-state index contributed by atoms with van der Waals surface area (Å²) in [4.78, 5) is 53.6. The Labute approximate surface area is 264 Å². The summed E-state index contributed by atoms with van der Waals surface area (Å²) >= 11 is 0. The van der Waals surface area contributed by atoms with Crippen LogP contribution < -0.4 is 15.1 Å². The molecule has 0 aromatic heterocycles. The first kappa shape index (κ1) is 29.1. The third-order valence-electron chi connectivity index (χ3n) is 9.22. The fourth-order valence-corrected chi connectivity index (χ4v) is 7.38. The molecule has 0 spiro atoms. The zero-order valence-corrected chi connectivity index (χ0v) is 25.0. The van der Waals surface area contributed by atoms with Crippen LogP contribution in [0.15, 0.2) is 102 Å². The molecule has 0 unspecified atom stereocenters. The van der Waals surface area contributed by atoms with Crippen LogP contribution in [0.3, 0.4) is 0 Å². The van der Waals surface area contributed by atoms with Crippen LogP contribution in [0.5, 0.6) is 5.75 Å². The molecule has 2 atom stereocenters. The van der Waals surface area contributed by atoms with Crippen molar-refractivity contribution in [2.45, 2.75) is 31.1 Å². The molecule has 8 rings (SSSR count). The molecule has 1 fully saturated rings. The Balaban J connectivity index is 1.27. The number of carbonyl (C=O) groups excluding carboxylic acids is 3. The van der Waals surface area contributed by atoms with Gasteiger partial charge in [0.25, 0.3) is 5.69 Å². The lowest BCUT2D eigenvalue weighted by Gasteiger charge is -2.52. The van der Waals surface area contributed by atoms with E-state index in [9.17, 15) is 24.5 Å². The maximum atomic E-state index is 14.5. The highest BCUT2D eigenvalue weighted by molar-refractivity contribution is 6.25. The van der Waals surface area contributed by atoms with Gasteiger partial charge in [-0.25, -0.2) is 10.3 Å². The fraction of sp³-hybridized carbons (Fsp3) is 0.222. The van der Waals surface area contributed by atoms with Crippen molar-refractivity contribution in [3.63, 3.8) is 0 Å². The van der Waals surface area contributed by atoms with Gasteiger partial charge in [-0.2, -0.15) is 5.10 Å². The summed E-state index contributed by atoms with van der Waals surface area (Å²) in [5, 5.41) is 15.4. The monoisotopic (exact) mass is 614 g/mol. The molecule has 4 aromatic carbocycles. The maximum Gasteiger partial charge on any atom is 0.269 e. The highest BCUT2D eigenvalue weighted by Gasteiger charge is 2.68. The number of anilines is 1. The number of rotatable bonds is 9. The number of nitrogens with zero attached hydrogens (tertiary/aromatic N) is 3. The molecular formula is C36H30N4O6. The third-order valence-corrected chi connectivity index (χ3v) is 9.22. The summed E-state index contributed by atoms with van der Waals surface area (Å²) < 4.78 is 5.71. The molecule has 10 heteroatoms. The second-order valence-electron chi connectivity index (χ2n) is 11.8. The van der Waals surface area contributed by atoms with E-state index in [1.165, 1.54) is 29.2 Å². The van der Waals surface area contributed by atoms with Crippen molar-refractivity contribution in [2.75, 3.05) is 11.5 Å². The largest absolute Gasteiger partial charge is 0.494 e. The van der Waals surface area contributed by atoms with Gasteiger partial charge in [0.05, 0.1) is 40.9 Å². The maximum absolute atomic E-state index is 14.5. The van der Waals surface area contributed by atoms with Gasteiger partial charge in [0.2, 0.25) is 17.7 Å². The Hall–Kier alpha value is -5.64. The number of imide groups is 1. The van der Waals surface area contributed by atoms with Crippen molar-refractivity contribution >= 4 is 35.3 Å². The summed E-state index contributed by atoms with van der Waals surface area (Å²) in [6.45, 7) is 2.58. The van der Waals surface area contributed by atoms with E-state index in [0.29, 0.717) is 23.6 Å². The van der Waals surface area contributed by atoms with E-state index in [-0.39, 0.29) is 29.8 Å². The van der Waals surface area contributed by atoms with E-state index >= 15 is 0 Å². The zero-order valence-electron chi connectivity index (χ0n) is 25.0. The van der Waals surface area contributed by atoms with Crippen LogP contribution in [0.2, 0.25) is 0 Å². The molecule has 0 saturated carbocycles. The zero-order chi connectivity index (χ0) is 32.0. The third kappa shape index (κ3) is 4.48. The summed E-state index contributed by atoms with van der Waals surface area (Å²) in [6.07, 6.45) is 2.42. The number of benzene rings is 4. The highest BCUT2D eigenvalue weighted by Crippen LogP contribution is 2.63. The van der Waals surface area contributed by atoms with E-state index in [1.807, 2.05) is 55.5 Å². The van der Waals surface area contributed by atoms with Crippen molar-refractivity contribution in [3.8, 4) is 5.75 Å². The number of amides is 3. The first-order valence-electron chi connectivity index (χ1n) is 15.2. The van der Waals surface area contributed by atoms with Crippen LogP contribution in [-0.4, -0.2) is 35.5 Å². The second kappa shape index (κ2) is 11.4. The van der Waals surface area contributed by atoms with Crippen molar-refractivity contribution in [1.82, 2.24) is 5.43 Å². The van der Waals surface area contributed by atoms with Crippen LogP contribution in [0.25, 0.3) is 0 Å². The molecule has 3 aliphatic carbocycles. The van der Waals surface area contributed by atoms with E-state index in [4.69, 9.17) is 4.74 Å². The normalized spacial score (nSPS) is 22.4. The number of hydrogen-bond donors (Lipinski definition) is 1.